The zero-order valence-electron chi connectivity index (χ0n) is 12.2. The predicted octanol–water partition coefficient (Wildman–Crippen LogP) is 4.30. The maximum atomic E-state index is 12.9. The lowest BCUT2D eigenvalue weighted by Gasteiger charge is -2.09. The third kappa shape index (κ3) is 4.69. The highest BCUT2D eigenvalue weighted by atomic mass is 35.5. The number of benzene rings is 2. The Bertz CT molecular complexity index is 720. The molecule has 0 aliphatic heterocycles. The minimum Gasteiger partial charge on any atom is -0.462 e. The number of carbonyl (C=O) groups excluding carboxylic acids is 2. The van der Waals surface area contributed by atoms with E-state index in [0.29, 0.717) is 17.9 Å². The summed E-state index contributed by atoms with van der Waals surface area (Å²) in [5.41, 5.74) is 1.15. The zero-order valence-corrected chi connectivity index (χ0v) is 13.0. The van der Waals surface area contributed by atoms with Gasteiger partial charge in [-0.1, -0.05) is 11.6 Å². The number of ether oxygens (including phenoxy) is 1. The molecule has 2 aromatic rings. The van der Waals surface area contributed by atoms with Crippen molar-refractivity contribution in [2.24, 2.45) is 0 Å². The average Bonchev–Trinajstić information content (AvgIpc) is 2.51. The van der Waals surface area contributed by atoms with E-state index >= 15 is 0 Å². The zero-order chi connectivity index (χ0) is 16.8. The lowest BCUT2D eigenvalue weighted by atomic mass is 10.2. The average molecular weight is 337 g/mol. The molecule has 2 aromatic carbocycles. The molecule has 0 spiro atoms. The van der Waals surface area contributed by atoms with E-state index in [4.69, 9.17) is 16.3 Å². The van der Waals surface area contributed by atoms with Gasteiger partial charge >= 0.3 is 12.0 Å². The SMILES string of the molecule is CCOC(=O)c1ccc(NC(=O)Nc2ccc(F)cc2Cl)cc1. The molecule has 7 heteroatoms. The fraction of sp³-hybridized carbons (Fsp3) is 0.125. The van der Waals surface area contributed by atoms with E-state index < -0.39 is 17.8 Å². The van der Waals surface area contributed by atoms with Crippen LogP contribution in [-0.2, 0) is 4.74 Å². The monoisotopic (exact) mass is 336 g/mol. The van der Waals surface area contributed by atoms with Crippen LogP contribution in [0.25, 0.3) is 0 Å². The highest BCUT2D eigenvalue weighted by molar-refractivity contribution is 6.33. The lowest BCUT2D eigenvalue weighted by molar-refractivity contribution is 0.0526. The predicted molar refractivity (Wildman–Crippen MR) is 86.4 cm³/mol. The molecule has 0 saturated heterocycles. The second kappa shape index (κ2) is 7.60. The van der Waals surface area contributed by atoms with Crippen LogP contribution in [0.4, 0.5) is 20.6 Å². The van der Waals surface area contributed by atoms with E-state index in [2.05, 4.69) is 10.6 Å². The van der Waals surface area contributed by atoms with Gasteiger partial charge in [-0.15, -0.1) is 0 Å². The summed E-state index contributed by atoms with van der Waals surface area (Å²) in [6.07, 6.45) is 0. The second-order valence-electron chi connectivity index (χ2n) is 4.50. The largest absolute Gasteiger partial charge is 0.462 e. The molecule has 23 heavy (non-hydrogen) atoms. The molecule has 5 nitrogen and oxygen atoms in total. The molecule has 2 rings (SSSR count). The number of hydrogen-bond donors (Lipinski definition) is 2. The van der Waals surface area contributed by atoms with Crippen molar-refractivity contribution in [3.63, 3.8) is 0 Å². The van der Waals surface area contributed by atoms with Gasteiger partial charge in [0.25, 0.3) is 0 Å². The van der Waals surface area contributed by atoms with Gasteiger partial charge in [-0.05, 0) is 49.4 Å². The van der Waals surface area contributed by atoms with Crippen LogP contribution in [0, 0.1) is 5.82 Å². The number of amides is 2. The van der Waals surface area contributed by atoms with Crippen molar-refractivity contribution < 1.29 is 18.7 Å². The van der Waals surface area contributed by atoms with Crippen LogP contribution in [-0.4, -0.2) is 18.6 Å². The number of hydrogen-bond acceptors (Lipinski definition) is 3. The Balaban J connectivity index is 1.98. The molecule has 0 aromatic heterocycles. The van der Waals surface area contributed by atoms with E-state index in [1.807, 2.05) is 0 Å². The summed E-state index contributed by atoms with van der Waals surface area (Å²) in [7, 11) is 0. The lowest BCUT2D eigenvalue weighted by Crippen LogP contribution is -2.19. The molecular weight excluding hydrogens is 323 g/mol. The summed E-state index contributed by atoms with van der Waals surface area (Å²) in [4.78, 5) is 23.4. The van der Waals surface area contributed by atoms with Crippen LogP contribution < -0.4 is 10.6 Å². The van der Waals surface area contributed by atoms with Crippen LogP contribution in [0.3, 0.4) is 0 Å². The van der Waals surface area contributed by atoms with Crippen LogP contribution >= 0.6 is 11.6 Å². The Kier molecular flexibility index (Phi) is 5.54. The standard InChI is InChI=1S/C16H14ClFN2O3/c1-2-23-15(21)10-3-6-12(7-4-10)19-16(22)20-14-8-5-11(18)9-13(14)17/h3-9H,2H2,1H3,(H2,19,20,22). The summed E-state index contributed by atoms with van der Waals surface area (Å²) in [5.74, 6) is -0.919. The van der Waals surface area contributed by atoms with Crippen molar-refractivity contribution in [2.75, 3.05) is 17.2 Å². The van der Waals surface area contributed by atoms with Crippen LogP contribution in [0.5, 0.6) is 0 Å². The first-order valence-electron chi connectivity index (χ1n) is 6.80. The number of halogens is 2. The fourth-order valence-electron chi connectivity index (χ4n) is 1.78. The molecule has 0 bridgehead atoms. The van der Waals surface area contributed by atoms with E-state index in [1.54, 1.807) is 31.2 Å². The van der Waals surface area contributed by atoms with E-state index in [1.165, 1.54) is 12.1 Å². The maximum absolute atomic E-state index is 12.9. The van der Waals surface area contributed by atoms with Gasteiger partial charge in [-0.25, -0.2) is 14.0 Å². The number of anilines is 2. The van der Waals surface area contributed by atoms with Crippen LogP contribution in [0.2, 0.25) is 5.02 Å². The molecule has 0 fully saturated rings. The van der Waals surface area contributed by atoms with Gasteiger partial charge in [0.2, 0.25) is 0 Å². The van der Waals surface area contributed by atoms with Gasteiger partial charge in [0.05, 0.1) is 22.9 Å². The summed E-state index contributed by atoms with van der Waals surface area (Å²) < 4.78 is 17.8. The summed E-state index contributed by atoms with van der Waals surface area (Å²) in [5, 5.41) is 5.17. The van der Waals surface area contributed by atoms with E-state index in [9.17, 15) is 14.0 Å². The highest BCUT2D eigenvalue weighted by Crippen LogP contribution is 2.22. The van der Waals surface area contributed by atoms with Crippen molar-refractivity contribution in [2.45, 2.75) is 6.92 Å². The van der Waals surface area contributed by atoms with Gasteiger partial charge in [0, 0.05) is 5.69 Å². The third-order valence-corrected chi connectivity index (χ3v) is 3.15. The van der Waals surface area contributed by atoms with Gasteiger partial charge in [0.15, 0.2) is 0 Å². The van der Waals surface area contributed by atoms with E-state index in [-0.39, 0.29) is 10.7 Å². The fourth-order valence-corrected chi connectivity index (χ4v) is 1.99. The van der Waals surface area contributed by atoms with Crippen LogP contribution in [0.1, 0.15) is 17.3 Å². The molecule has 0 atom stereocenters. The van der Waals surface area contributed by atoms with Crippen molar-refractivity contribution in [1.29, 1.82) is 0 Å². The summed E-state index contributed by atoms with van der Waals surface area (Å²) in [6, 6.07) is 9.33. The minimum absolute atomic E-state index is 0.0952. The number of rotatable bonds is 4. The highest BCUT2D eigenvalue weighted by Gasteiger charge is 2.09. The maximum Gasteiger partial charge on any atom is 0.338 e. The number of esters is 1. The first-order valence-corrected chi connectivity index (χ1v) is 7.17. The van der Waals surface area contributed by atoms with Gasteiger partial charge < -0.3 is 15.4 Å². The number of carbonyl (C=O) groups is 2. The van der Waals surface area contributed by atoms with Crippen molar-refractivity contribution in [3.8, 4) is 0 Å². The Morgan fingerprint density at radius 1 is 1.13 bits per heavy atom. The Morgan fingerprint density at radius 2 is 1.83 bits per heavy atom. The Labute approximate surface area is 137 Å². The molecule has 0 saturated carbocycles. The Hall–Kier alpha value is -2.60. The number of urea groups is 1. The van der Waals surface area contributed by atoms with Gasteiger partial charge in [-0.2, -0.15) is 0 Å². The molecule has 120 valence electrons. The smallest absolute Gasteiger partial charge is 0.338 e. The molecule has 2 amide bonds. The summed E-state index contributed by atoms with van der Waals surface area (Å²) in [6.45, 7) is 2.01. The van der Waals surface area contributed by atoms with Crippen LogP contribution in [0.15, 0.2) is 42.5 Å². The van der Waals surface area contributed by atoms with Gasteiger partial charge in [0.1, 0.15) is 5.82 Å². The molecule has 0 aliphatic carbocycles. The van der Waals surface area contributed by atoms with Crippen molar-refractivity contribution in [3.05, 3.63) is 58.9 Å². The summed E-state index contributed by atoms with van der Waals surface area (Å²) >= 11 is 5.83. The quantitative estimate of drug-likeness (QED) is 0.818. The topological polar surface area (TPSA) is 67.4 Å². The molecular formula is C16H14ClFN2O3. The van der Waals surface area contributed by atoms with Crippen molar-refractivity contribution in [1.82, 2.24) is 0 Å². The van der Waals surface area contributed by atoms with Crippen molar-refractivity contribution >= 4 is 35.0 Å². The molecule has 0 heterocycles. The molecule has 0 aliphatic rings. The normalized spacial score (nSPS) is 10.0. The third-order valence-electron chi connectivity index (χ3n) is 2.83. The number of nitrogens with one attached hydrogen (secondary N) is 2. The molecule has 0 radical (unpaired) electrons. The van der Waals surface area contributed by atoms with Gasteiger partial charge in [-0.3, -0.25) is 0 Å². The minimum atomic E-state index is -0.539. The second-order valence-corrected chi connectivity index (χ2v) is 4.91. The first-order chi connectivity index (χ1) is 11.0. The first kappa shape index (κ1) is 16.8. The molecule has 2 N–H and O–H groups in total. The molecule has 0 unspecified atom stereocenters. The van der Waals surface area contributed by atoms with E-state index in [0.717, 1.165) is 6.07 Å². The Morgan fingerprint density at radius 3 is 2.43 bits per heavy atom.